The van der Waals surface area contributed by atoms with Crippen LogP contribution >= 0.6 is 0 Å². The third kappa shape index (κ3) is 2.64. The van der Waals surface area contributed by atoms with Gasteiger partial charge in [0.05, 0.1) is 22.8 Å². The number of hydrogen-bond donors (Lipinski definition) is 1. The zero-order chi connectivity index (χ0) is 17.0. The second-order valence-corrected chi connectivity index (χ2v) is 10.2. The lowest BCUT2D eigenvalue weighted by Crippen LogP contribution is -2.49. The van der Waals surface area contributed by atoms with Crippen LogP contribution in [0, 0.1) is 5.82 Å². The first-order chi connectivity index (χ1) is 11.3. The topological polar surface area (TPSA) is 57.6 Å². The van der Waals surface area contributed by atoms with E-state index in [2.05, 4.69) is 0 Å². The van der Waals surface area contributed by atoms with Crippen LogP contribution in [0.2, 0.25) is 0 Å². The van der Waals surface area contributed by atoms with Gasteiger partial charge in [0, 0.05) is 18.5 Å². The molecule has 0 aromatic heterocycles. The van der Waals surface area contributed by atoms with Gasteiger partial charge >= 0.3 is 0 Å². The van der Waals surface area contributed by atoms with Gasteiger partial charge in [0.2, 0.25) is 0 Å². The van der Waals surface area contributed by atoms with Crippen LogP contribution in [-0.2, 0) is 15.3 Å². The third-order valence-electron chi connectivity index (χ3n) is 6.17. The SMILES string of the molecule is O=S1(=O)CCC(O)(CN2CC3(CCCC3)c3cccc(F)c32)CC1. The van der Waals surface area contributed by atoms with Crippen LogP contribution in [0.1, 0.15) is 44.1 Å². The predicted octanol–water partition coefficient (Wildman–Crippen LogP) is 2.40. The molecule has 2 aliphatic heterocycles. The molecule has 1 aromatic rings. The molecule has 0 atom stereocenters. The Hall–Kier alpha value is -1.14. The second-order valence-electron chi connectivity index (χ2n) is 7.86. The van der Waals surface area contributed by atoms with Crippen molar-refractivity contribution < 1.29 is 17.9 Å². The Morgan fingerprint density at radius 3 is 2.46 bits per heavy atom. The van der Waals surface area contributed by atoms with Crippen molar-refractivity contribution in [2.75, 3.05) is 29.5 Å². The quantitative estimate of drug-likeness (QED) is 0.887. The van der Waals surface area contributed by atoms with Crippen LogP contribution in [0.15, 0.2) is 18.2 Å². The molecule has 1 spiro atoms. The van der Waals surface area contributed by atoms with Crippen molar-refractivity contribution in [2.45, 2.75) is 49.5 Å². The maximum atomic E-state index is 14.6. The van der Waals surface area contributed by atoms with Gasteiger partial charge in [0.1, 0.15) is 5.82 Å². The van der Waals surface area contributed by atoms with Gasteiger partial charge in [0.15, 0.2) is 9.84 Å². The highest BCUT2D eigenvalue weighted by Crippen LogP contribution is 2.51. The normalized spacial score (nSPS) is 26.7. The molecule has 3 aliphatic rings. The summed E-state index contributed by atoms with van der Waals surface area (Å²) in [5.41, 5.74) is 0.664. The number of aliphatic hydroxyl groups is 1. The molecule has 2 heterocycles. The highest BCUT2D eigenvalue weighted by atomic mass is 32.2. The summed E-state index contributed by atoms with van der Waals surface area (Å²) in [6.45, 7) is 1.05. The minimum Gasteiger partial charge on any atom is -0.388 e. The lowest BCUT2D eigenvalue weighted by atomic mass is 9.81. The number of para-hydroxylation sites is 1. The summed E-state index contributed by atoms with van der Waals surface area (Å²) in [6, 6.07) is 5.29. The molecule has 1 N–H and O–H groups in total. The summed E-state index contributed by atoms with van der Waals surface area (Å²) in [5, 5.41) is 10.9. The van der Waals surface area contributed by atoms with Crippen molar-refractivity contribution in [3.63, 3.8) is 0 Å². The minimum atomic E-state index is -3.03. The van der Waals surface area contributed by atoms with Crippen LogP contribution in [0.25, 0.3) is 0 Å². The Balaban J connectivity index is 1.63. The summed E-state index contributed by atoms with van der Waals surface area (Å²) in [4.78, 5) is 1.98. The Morgan fingerprint density at radius 1 is 1.12 bits per heavy atom. The van der Waals surface area contributed by atoms with E-state index in [1.54, 1.807) is 6.07 Å². The maximum Gasteiger partial charge on any atom is 0.150 e. The predicted molar refractivity (Wildman–Crippen MR) is 91.6 cm³/mol. The highest BCUT2D eigenvalue weighted by molar-refractivity contribution is 7.91. The fraction of sp³-hybridized carbons (Fsp3) is 0.667. The molecule has 0 bridgehead atoms. The van der Waals surface area contributed by atoms with E-state index in [0.29, 0.717) is 12.2 Å². The van der Waals surface area contributed by atoms with E-state index >= 15 is 0 Å². The molecule has 1 saturated carbocycles. The van der Waals surface area contributed by atoms with E-state index in [9.17, 15) is 17.9 Å². The number of halogens is 1. The second kappa shape index (κ2) is 5.43. The molecule has 4 nitrogen and oxygen atoms in total. The molecule has 0 unspecified atom stereocenters. The average Bonchev–Trinajstić information content (AvgIpc) is 3.11. The monoisotopic (exact) mass is 353 g/mol. The van der Waals surface area contributed by atoms with Crippen LogP contribution in [0.4, 0.5) is 10.1 Å². The molecular formula is C18H24FNO3S. The lowest BCUT2D eigenvalue weighted by molar-refractivity contribution is 0.0370. The van der Waals surface area contributed by atoms with E-state index < -0.39 is 15.4 Å². The first-order valence-corrected chi connectivity index (χ1v) is 10.6. The smallest absolute Gasteiger partial charge is 0.150 e. The van der Waals surface area contributed by atoms with Crippen LogP contribution in [0.3, 0.4) is 0 Å². The number of nitrogens with zero attached hydrogens (tertiary/aromatic N) is 1. The highest BCUT2D eigenvalue weighted by Gasteiger charge is 2.48. The fourth-order valence-electron chi connectivity index (χ4n) is 4.84. The molecular weight excluding hydrogens is 329 g/mol. The third-order valence-corrected chi connectivity index (χ3v) is 7.82. The molecule has 1 aliphatic carbocycles. The summed E-state index contributed by atoms with van der Waals surface area (Å²) >= 11 is 0. The van der Waals surface area contributed by atoms with Gasteiger partial charge in [-0.25, -0.2) is 12.8 Å². The molecule has 24 heavy (non-hydrogen) atoms. The van der Waals surface area contributed by atoms with E-state index in [1.165, 1.54) is 6.07 Å². The zero-order valence-electron chi connectivity index (χ0n) is 13.8. The van der Waals surface area contributed by atoms with Crippen molar-refractivity contribution >= 4 is 15.5 Å². The van der Waals surface area contributed by atoms with Gasteiger partial charge in [-0.2, -0.15) is 0 Å². The van der Waals surface area contributed by atoms with Gasteiger partial charge in [-0.1, -0.05) is 25.0 Å². The number of benzene rings is 1. The Labute approximate surface area is 142 Å². The van der Waals surface area contributed by atoms with Crippen LogP contribution in [0.5, 0.6) is 0 Å². The van der Waals surface area contributed by atoms with E-state index in [1.807, 2.05) is 11.0 Å². The van der Waals surface area contributed by atoms with Crippen molar-refractivity contribution in [1.29, 1.82) is 0 Å². The van der Waals surface area contributed by atoms with E-state index in [4.69, 9.17) is 0 Å². The Kier molecular flexibility index (Phi) is 3.69. The van der Waals surface area contributed by atoms with Crippen molar-refractivity contribution in [1.82, 2.24) is 0 Å². The molecule has 2 fully saturated rings. The number of β-amino-alcohol motifs (C(OH)–C–C–N with tert-alkyl or cyclic N) is 1. The molecule has 6 heteroatoms. The number of hydrogen-bond acceptors (Lipinski definition) is 4. The zero-order valence-corrected chi connectivity index (χ0v) is 14.6. The number of anilines is 1. The Morgan fingerprint density at radius 2 is 1.79 bits per heavy atom. The summed E-state index contributed by atoms with van der Waals surface area (Å²) in [6.07, 6.45) is 4.92. The Bertz CT molecular complexity index is 742. The van der Waals surface area contributed by atoms with Gasteiger partial charge in [-0.05, 0) is 37.3 Å². The standard InChI is InChI=1S/C18H24FNO3S/c19-15-5-3-4-14-16(15)20(12-17(14)6-1-2-7-17)13-18(21)8-10-24(22,23)11-9-18/h3-5,21H,1-2,6-13H2. The van der Waals surface area contributed by atoms with E-state index in [-0.39, 0.29) is 35.6 Å². The maximum absolute atomic E-state index is 14.6. The number of sulfone groups is 1. The van der Waals surface area contributed by atoms with Crippen LogP contribution < -0.4 is 4.90 Å². The van der Waals surface area contributed by atoms with Gasteiger partial charge in [-0.15, -0.1) is 0 Å². The van der Waals surface area contributed by atoms with Crippen molar-refractivity contribution in [3.05, 3.63) is 29.6 Å². The van der Waals surface area contributed by atoms with E-state index in [0.717, 1.165) is 37.8 Å². The van der Waals surface area contributed by atoms with Gasteiger partial charge < -0.3 is 10.0 Å². The molecule has 132 valence electrons. The molecule has 1 saturated heterocycles. The van der Waals surface area contributed by atoms with Crippen LogP contribution in [-0.4, -0.2) is 43.7 Å². The summed E-state index contributed by atoms with van der Waals surface area (Å²) < 4.78 is 37.9. The van der Waals surface area contributed by atoms with Gasteiger partial charge in [0.25, 0.3) is 0 Å². The molecule has 0 amide bonds. The average molecular weight is 353 g/mol. The largest absolute Gasteiger partial charge is 0.388 e. The molecule has 4 rings (SSSR count). The lowest BCUT2D eigenvalue weighted by Gasteiger charge is -2.37. The first-order valence-electron chi connectivity index (χ1n) is 8.79. The number of fused-ring (bicyclic) bond motifs is 2. The van der Waals surface area contributed by atoms with Gasteiger partial charge in [-0.3, -0.25) is 0 Å². The van der Waals surface area contributed by atoms with Crippen molar-refractivity contribution in [3.8, 4) is 0 Å². The number of rotatable bonds is 2. The van der Waals surface area contributed by atoms with Crippen molar-refractivity contribution in [2.24, 2.45) is 0 Å². The summed E-state index contributed by atoms with van der Waals surface area (Å²) in [5.74, 6) is -0.192. The minimum absolute atomic E-state index is 0.00847. The first kappa shape index (κ1) is 16.3. The molecule has 0 radical (unpaired) electrons. The molecule has 1 aromatic carbocycles. The fourth-order valence-corrected chi connectivity index (χ4v) is 6.43. The summed E-state index contributed by atoms with van der Waals surface area (Å²) in [7, 11) is -3.03.